The number of hydrogen-bond acceptors (Lipinski definition) is 4. The van der Waals surface area contributed by atoms with Crippen molar-refractivity contribution in [1.82, 2.24) is 4.90 Å². The number of alkyl halides is 3. The summed E-state index contributed by atoms with van der Waals surface area (Å²) in [5.74, 6) is -1.13. The van der Waals surface area contributed by atoms with Gasteiger partial charge in [-0.2, -0.15) is 13.2 Å². The number of halogens is 4. The van der Waals surface area contributed by atoms with Crippen LogP contribution in [0.2, 0.25) is 5.02 Å². The summed E-state index contributed by atoms with van der Waals surface area (Å²) >= 11 is 11.9. The quantitative estimate of drug-likeness (QED) is 0.399. The van der Waals surface area contributed by atoms with Crippen LogP contribution in [-0.2, 0) is 15.8 Å². The Balaban J connectivity index is 1.69. The van der Waals surface area contributed by atoms with Crippen molar-refractivity contribution in [2.45, 2.75) is 13.1 Å². The van der Waals surface area contributed by atoms with Crippen molar-refractivity contribution in [2.24, 2.45) is 0 Å². The fourth-order valence-electron chi connectivity index (χ4n) is 2.86. The second-order valence-electron chi connectivity index (χ2n) is 6.81. The summed E-state index contributed by atoms with van der Waals surface area (Å²) in [6, 6.07) is 12.6. The lowest BCUT2D eigenvalue weighted by atomic mass is 10.1. The number of rotatable bonds is 5. The van der Waals surface area contributed by atoms with Crippen LogP contribution in [0.4, 0.5) is 18.9 Å². The molecule has 0 spiro atoms. The summed E-state index contributed by atoms with van der Waals surface area (Å²) in [7, 11) is 0. The number of carbonyl (C=O) groups is 2. The van der Waals surface area contributed by atoms with Crippen molar-refractivity contribution in [3.05, 3.63) is 81.2 Å². The fraction of sp³-hybridized carbons (Fsp3) is 0.136. The summed E-state index contributed by atoms with van der Waals surface area (Å²) in [5, 5.41) is 1.87. The Kier molecular flexibility index (Phi) is 7.43. The summed E-state index contributed by atoms with van der Waals surface area (Å²) in [5.41, 5.74) is 0.639. The molecule has 2 aromatic rings. The number of nitrogens with zero attached hydrogens (tertiary/aromatic N) is 1. The van der Waals surface area contributed by atoms with Crippen LogP contribution in [0.25, 0.3) is 6.08 Å². The van der Waals surface area contributed by atoms with Crippen LogP contribution in [0, 0.1) is 0 Å². The number of thiocarbonyl (C=S) groups is 1. The zero-order chi connectivity index (χ0) is 23.5. The van der Waals surface area contributed by atoms with Crippen LogP contribution < -0.4 is 5.32 Å². The first kappa shape index (κ1) is 24.0. The smallest absolute Gasteiger partial charge is 0.325 e. The number of amides is 2. The normalized spacial score (nSPS) is 16.1. The maximum Gasteiger partial charge on any atom is 0.417 e. The lowest BCUT2D eigenvalue weighted by Gasteiger charge is -2.15. The van der Waals surface area contributed by atoms with Gasteiger partial charge in [0.2, 0.25) is 5.91 Å². The van der Waals surface area contributed by atoms with Crippen LogP contribution in [0.5, 0.6) is 0 Å². The number of allylic oxidation sites excluding steroid dienone is 2. The van der Waals surface area contributed by atoms with Gasteiger partial charge in [-0.1, -0.05) is 72.0 Å². The predicted molar refractivity (Wildman–Crippen MR) is 125 cm³/mol. The van der Waals surface area contributed by atoms with Gasteiger partial charge in [-0.3, -0.25) is 14.5 Å². The number of nitrogens with one attached hydrogen (secondary N) is 1. The van der Waals surface area contributed by atoms with E-state index in [4.69, 9.17) is 23.8 Å². The summed E-state index contributed by atoms with van der Waals surface area (Å²) < 4.78 is 39.2. The van der Waals surface area contributed by atoms with Crippen molar-refractivity contribution >= 4 is 63.5 Å². The van der Waals surface area contributed by atoms with E-state index in [-0.39, 0.29) is 10.0 Å². The van der Waals surface area contributed by atoms with E-state index in [2.05, 4.69) is 5.32 Å². The van der Waals surface area contributed by atoms with E-state index in [0.717, 1.165) is 39.9 Å². The highest BCUT2D eigenvalue weighted by Gasteiger charge is 2.35. The molecule has 10 heteroatoms. The van der Waals surface area contributed by atoms with Gasteiger partial charge in [0, 0.05) is 5.69 Å². The second kappa shape index (κ2) is 9.89. The largest absolute Gasteiger partial charge is 0.417 e. The Labute approximate surface area is 197 Å². The topological polar surface area (TPSA) is 49.4 Å². The Morgan fingerprint density at radius 3 is 2.56 bits per heavy atom. The molecular weight excluding hydrogens is 481 g/mol. The SMILES string of the molecule is CC(=C\c1ccccc1)/C=C1/SC(=S)N(CC(=O)Nc2ccc(Cl)c(C(F)(F)F)c2)C1=O. The van der Waals surface area contributed by atoms with Gasteiger partial charge >= 0.3 is 6.18 Å². The molecule has 2 aromatic carbocycles. The van der Waals surface area contributed by atoms with Gasteiger partial charge in [-0.25, -0.2) is 0 Å². The molecule has 1 saturated heterocycles. The van der Waals surface area contributed by atoms with E-state index in [9.17, 15) is 22.8 Å². The molecule has 3 rings (SSSR count). The molecule has 1 aliphatic rings. The van der Waals surface area contributed by atoms with E-state index >= 15 is 0 Å². The lowest BCUT2D eigenvalue weighted by Crippen LogP contribution is -2.36. The highest BCUT2D eigenvalue weighted by molar-refractivity contribution is 8.26. The van der Waals surface area contributed by atoms with Gasteiger partial charge in [0.05, 0.1) is 15.5 Å². The summed E-state index contributed by atoms with van der Waals surface area (Å²) in [6.07, 6.45) is -1.08. The third kappa shape index (κ3) is 5.99. The molecule has 4 nitrogen and oxygen atoms in total. The average Bonchev–Trinajstić information content (AvgIpc) is 2.96. The standard InChI is InChI=1S/C22H16ClF3N2O2S2/c1-13(9-14-5-3-2-4-6-14)10-18-20(30)28(21(31)32-18)12-19(29)27-15-7-8-17(23)16(11-15)22(24,25)26/h2-11H,12H2,1H3,(H,27,29)/b13-9+,18-10+. The number of benzene rings is 2. The molecule has 0 atom stereocenters. The Morgan fingerprint density at radius 2 is 1.91 bits per heavy atom. The molecule has 0 aliphatic carbocycles. The van der Waals surface area contributed by atoms with Crippen molar-refractivity contribution in [3.63, 3.8) is 0 Å². The van der Waals surface area contributed by atoms with Gasteiger partial charge in [-0.15, -0.1) is 0 Å². The molecule has 0 radical (unpaired) electrons. The predicted octanol–water partition coefficient (Wildman–Crippen LogP) is 6.15. The lowest BCUT2D eigenvalue weighted by molar-refractivity contribution is -0.137. The first-order valence-corrected chi connectivity index (χ1v) is 10.8. The van der Waals surface area contributed by atoms with Crippen molar-refractivity contribution in [3.8, 4) is 0 Å². The molecule has 0 saturated carbocycles. The summed E-state index contributed by atoms with van der Waals surface area (Å²) in [6.45, 7) is 1.42. The molecule has 32 heavy (non-hydrogen) atoms. The van der Waals surface area contributed by atoms with Crippen LogP contribution >= 0.6 is 35.6 Å². The highest BCUT2D eigenvalue weighted by atomic mass is 35.5. The van der Waals surface area contributed by atoms with Gasteiger partial charge < -0.3 is 5.32 Å². The zero-order valence-corrected chi connectivity index (χ0v) is 19.0. The molecular formula is C22H16ClF3N2O2S2. The van der Waals surface area contributed by atoms with Crippen molar-refractivity contribution in [1.29, 1.82) is 0 Å². The molecule has 166 valence electrons. The maximum absolute atomic E-state index is 13.0. The average molecular weight is 497 g/mol. The van der Waals surface area contributed by atoms with Crippen LogP contribution in [0.1, 0.15) is 18.1 Å². The van der Waals surface area contributed by atoms with Gasteiger partial charge in [0.25, 0.3) is 5.91 Å². The molecule has 1 N–H and O–H groups in total. The molecule has 1 aliphatic heterocycles. The third-order valence-electron chi connectivity index (χ3n) is 4.28. The maximum atomic E-state index is 13.0. The first-order chi connectivity index (χ1) is 15.0. The number of thioether (sulfide) groups is 1. The Hall–Kier alpha value is -2.62. The number of hydrogen-bond donors (Lipinski definition) is 1. The van der Waals surface area contributed by atoms with Crippen molar-refractivity contribution < 1.29 is 22.8 Å². The van der Waals surface area contributed by atoms with E-state index < -0.39 is 35.1 Å². The monoisotopic (exact) mass is 496 g/mol. The van der Waals surface area contributed by atoms with E-state index in [0.29, 0.717) is 4.91 Å². The minimum atomic E-state index is -4.66. The van der Waals surface area contributed by atoms with Crippen LogP contribution in [-0.4, -0.2) is 27.6 Å². The second-order valence-corrected chi connectivity index (χ2v) is 8.89. The molecule has 0 unspecified atom stereocenters. The minimum absolute atomic E-state index is 0.0886. The van der Waals surface area contributed by atoms with E-state index in [1.54, 1.807) is 6.08 Å². The highest BCUT2D eigenvalue weighted by Crippen LogP contribution is 2.36. The van der Waals surface area contributed by atoms with Crippen molar-refractivity contribution in [2.75, 3.05) is 11.9 Å². The van der Waals surface area contributed by atoms with Gasteiger partial charge in [-0.05, 0) is 42.3 Å². The van der Waals surface area contributed by atoms with E-state index in [1.165, 1.54) is 6.07 Å². The molecule has 2 amide bonds. The minimum Gasteiger partial charge on any atom is -0.325 e. The van der Waals surface area contributed by atoms with Gasteiger partial charge in [0.15, 0.2) is 0 Å². The number of anilines is 1. The van der Waals surface area contributed by atoms with Gasteiger partial charge in [0.1, 0.15) is 10.9 Å². The molecule has 0 aromatic heterocycles. The summed E-state index contributed by atoms with van der Waals surface area (Å²) in [4.78, 5) is 26.5. The van der Waals surface area contributed by atoms with Crippen LogP contribution in [0.3, 0.4) is 0 Å². The fourth-order valence-corrected chi connectivity index (χ4v) is 4.39. The molecule has 0 bridgehead atoms. The first-order valence-electron chi connectivity index (χ1n) is 9.20. The van der Waals surface area contributed by atoms with Crippen LogP contribution in [0.15, 0.2) is 65.1 Å². The zero-order valence-electron chi connectivity index (χ0n) is 16.6. The van der Waals surface area contributed by atoms with E-state index in [1.807, 2.05) is 43.3 Å². The third-order valence-corrected chi connectivity index (χ3v) is 5.99. The Bertz CT molecular complexity index is 1130. The Morgan fingerprint density at radius 1 is 1.22 bits per heavy atom. The molecule has 1 fully saturated rings. The number of carbonyl (C=O) groups excluding carboxylic acids is 2. The molecule has 1 heterocycles.